The van der Waals surface area contributed by atoms with E-state index in [-0.39, 0.29) is 6.04 Å². The fraction of sp³-hybridized carbons (Fsp3) is 0.750. The molecule has 1 heterocycles. The molecule has 0 bridgehead atoms. The minimum Gasteiger partial charge on any atom is -0.385 e. The molecule has 1 aliphatic heterocycles. The number of anilines is 2. The maximum atomic E-state index is 12.4. The molecule has 0 amide bonds. The normalized spacial score (nSPS) is 28.4. The molecule has 0 aromatic heterocycles. The number of benzene rings is 1. The molecule has 1 aromatic carbocycles. The highest BCUT2D eigenvalue weighted by molar-refractivity contribution is 7.90. The minimum absolute atomic E-state index is 0.0825. The van der Waals surface area contributed by atoms with Crippen molar-refractivity contribution in [2.75, 3.05) is 29.9 Å². The molecular weight excluding hydrogens is 394 g/mol. The summed E-state index contributed by atoms with van der Waals surface area (Å²) in [5, 5.41) is 3.59. The molecule has 5 nitrogen and oxygen atoms in total. The number of hydrogen-bond acceptors (Lipinski definition) is 4. The highest BCUT2D eigenvalue weighted by Gasteiger charge is 2.32. The third-order valence-electron chi connectivity index (χ3n) is 6.67. The second-order valence-corrected chi connectivity index (χ2v) is 13.2. The standard InChI is InChI=1S/C24H41N3O2S/c1-18-14-19(2)17-27(16-18)23-12-10-21(11-13-23)25-15-20-6-8-22(9-7-20)26-30(28,29)24(3,4)5/h10-13,18-20,22,25-26H,6-9,14-17H2,1-5H3/t18-,19-,20?,22?/m1/s1. The van der Waals surface area contributed by atoms with Gasteiger partial charge in [-0.1, -0.05) is 13.8 Å². The molecule has 2 atom stereocenters. The zero-order valence-corrected chi connectivity index (χ0v) is 20.3. The summed E-state index contributed by atoms with van der Waals surface area (Å²) in [6, 6.07) is 8.96. The molecule has 1 saturated carbocycles. The topological polar surface area (TPSA) is 61.4 Å². The third-order valence-corrected chi connectivity index (χ3v) is 8.93. The Morgan fingerprint density at radius 1 is 0.967 bits per heavy atom. The first-order valence-corrected chi connectivity index (χ1v) is 13.1. The van der Waals surface area contributed by atoms with E-state index in [0.29, 0.717) is 5.92 Å². The molecule has 0 spiro atoms. The van der Waals surface area contributed by atoms with E-state index in [1.54, 1.807) is 20.8 Å². The van der Waals surface area contributed by atoms with Crippen molar-refractivity contribution in [3.8, 4) is 0 Å². The molecule has 0 unspecified atom stereocenters. The molecule has 3 rings (SSSR count). The second-order valence-electron chi connectivity index (χ2n) is 10.7. The number of hydrogen-bond donors (Lipinski definition) is 2. The Balaban J connectivity index is 1.44. The predicted octanol–water partition coefficient (Wildman–Crippen LogP) is 4.86. The van der Waals surface area contributed by atoms with Gasteiger partial charge in [0.2, 0.25) is 10.0 Å². The van der Waals surface area contributed by atoms with Crippen LogP contribution in [-0.2, 0) is 10.0 Å². The van der Waals surface area contributed by atoms with Crippen LogP contribution in [0.1, 0.15) is 66.7 Å². The SMILES string of the molecule is C[C@@H]1C[C@@H](C)CN(c2ccc(NCC3CCC(NS(=O)(=O)C(C)(C)C)CC3)cc2)C1. The summed E-state index contributed by atoms with van der Waals surface area (Å²) in [6.45, 7) is 13.2. The van der Waals surface area contributed by atoms with E-state index in [2.05, 4.69) is 53.1 Å². The molecule has 2 aliphatic rings. The Hall–Kier alpha value is -1.27. The van der Waals surface area contributed by atoms with Gasteiger partial charge in [-0.2, -0.15) is 0 Å². The van der Waals surface area contributed by atoms with E-state index in [4.69, 9.17) is 0 Å². The van der Waals surface area contributed by atoms with Gasteiger partial charge >= 0.3 is 0 Å². The van der Waals surface area contributed by atoms with Crippen molar-refractivity contribution in [3.63, 3.8) is 0 Å². The van der Waals surface area contributed by atoms with Crippen molar-refractivity contribution in [2.45, 2.75) is 77.5 Å². The first-order chi connectivity index (χ1) is 14.0. The van der Waals surface area contributed by atoms with Gasteiger partial charge in [-0.25, -0.2) is 13.1 Å². The van der Waals surface area contributed by atoms with Crippen LogP contribution >= 0.6 is 0 Å². The summed E-state index contributed by atoms with van der Waals surface area (Å²) in [4.78, 5) is 2.52. The number of nitrogens with zero attached hydrogens (tertiary/aromatic N) is 1. The van der Waals surface area contributed by atoms with Crippen molar-refractivity contribution < 1.29 is 8.42 Å². The second kappa shape index (κ2) is 9.47. The summed E-state index contributed by atoms with van der Waals surface area (Å²) in [7, 11) is -3.26. The Morgan fingerprint density at radius 2 is 1.53 bits per heavy atom. The van der Waals surface area contributed by atoms with E-state index >= 15 is 0 Å². The monoisotopic (exact) mass is 435 g/mol. The molecular formula is C24H41N3O2S. The third kappa shape index (κ3) is 6.13. The van der Waals surface area contributed by atoms with Crippen LogP contribution in [0.2, 0.25) is 0 Å². The number of nitrogens with one attached hydrogen (secondary N) is 2. The lowest BCUT2D eigenvalue weighted by Crippen LogP contribution is -2.46. The van der Waals surface area contributed by atoms with Crippen molar-refractivity contribution in [2.24, 2.45) is 17.8 Å². The molecule has 30 heavy (non-hydrogen) atoms. The van der Waals surface area contributed by atoms with Gasteiger partial charge < -0.3 is 10.2 Å². The molecule has 0 radical (unpaired) electrons. The fourth-order valence-corrected chi connectivity index (χ4v) is 5.83. The van der Waals surface area contributed by atoms with E-state index in [0.717, 1.165) is 57.2 Å². The minimum atomic E-state index is -3.26. The molecule has 170 valence electrons. The van der Waals surface area contributed by atoms with Crippen LogP contribution in [-0.4, -0.2) is 38.8 Å². The van der Waals surface area contributed by atoms with Crippen LogP contribution in [0.15, 0.2) is 24.3 Å². The summed E-state index contributed by atoms with van der Waals surface area (Å²) in [6.07, 6.45) is 5.30. The van der Waals surface area contributed by atoms with Gasteiger partial charge in [0.15, 0.2) is 0 Å². The van der Waals surface area contributed by atoms with Gasteiger partial charge in [-0.15, -0.1) is 0 Å². The highest BCUT2D eigenvalue weighted by Crippen LogP contribution is 2.29. The number of rotatable bonds is 6. The molecule has 2 N–H and O–H groups in total. The van der Waals surface area contributed by atoms with E-state index in [1.165, 1.54) is 17.8 Å². The summed E-state index contributed by atoms with van der Waals surface area (Å²) >= 11 is 0. The summed E-state index contributed by atoms with van der Waals surface area (Å²) < 4.78 is 26.9. The van der Waals surface area contributed by atoms with Gasteiger partial charge in [0, 0.05) is 37.1 Å². The van der Waals surface area contributed by atoms with Crippen LogP contribution in [0.25, 0.3) is 0 Å². The first-order valence-electron chi connectivity index (χ1n) is 11.6. The quantitative estimate of drug-likeness (QED) is 0.670. The number of piperidine rings is 1. The van der Waals surface area contributed by atoms with E-state index in [1.807, 2.05) is 0 Å². The van der Waals surface area contributed by atoms with Gasteiger partial charge in [-0.3, -0.25) is 0 Å². The van der Waals surface area contributed by atoms with Crippen molar-refractivity contribution in [3.05, 3.63) is 24.3 Å². The zero-order valence-electron chi connectivity index (χ0n) is 19.4. The summed E-state index contributed by atoms with van der Waals surface area (Å²) in [5.74, 6) is 2.12. The van der Waals surface area contributed by atoms with Gasteiger partial charge in [0.1, 0.15) is 0 Å². The van der Waals surface area contributed by atoms with E-state index < -0.39 is 14.8 Å². The average molecular weight is 436 g/mol. The molecule has 1 aromatic rings. The average Bonchev–Trinajstić information content (AvgIpc) is 2.66. The van der Waals surface area contributed by atoms with Gasteiger partial charge in [0.05, 0.1) is 4.75 Å². The molecule has 1 aliphatic carbocycles. The molecule has 1 saturated heterocycles. The lowest BCUT2D eigenvalue weighted by atomic mass is 9.86. The fourth-order valence-electron chi connectivity index (χ4n) is 4.81. The highest BCUT2D eigenvalue weighted by atomic mass is 32.2. The Bertz CT molecular complexity index is 768. The maximum Gasteiger partial charge on any atom is 0.216 e. The Labute approximate surface area is 184 Å². The van der Waals surface area contributed by atoms with Crippen molar-refractivity contribution in [1.29, 1.82) is 0 Å². The van der Waals surface area contributed by atoms with Crippen molar-refractivity contribution >= 4 is 21.4 Å². The Morgan fingerprint density at radius 3 is 2.07 bits per heavy atom. The number of sulfonamides is 1. The largest absolute Gasteiger partial charge is 0.385 e. The van der Waals surface area contributed by atoms with E-state index in [9.17, 15) is 8.42 Å². The van der Waals surface area contributed by atoms with Crippen molar-refractivity contribution in [1.82, 2.24) is 4.72 Å². The molecule has 6 heteroatoms. The predicted molar refractivity (Wildman–Crippen MR) is 128 cm³/mol. The van der Waals surface area contributed by atoms with Crippen LogP contribution in [0.4, 0.5) is 11.4 Å². The molecule has 2 fully saturated rings. The lowest BCUT2D eigenvalue weighted by molar-refractivity contribution is 0.322. The first kappa shape index (κ1) is 23.4. The van der Waals surface area contributed by atoms with Crippen LogP contribution in [0.5, 0.6) is 0 Å². The lowest BCUT2D eigenvalue weighted by Gasteiger charge is -2.36. The van der Waals surface area contributed by atoms with Crippen LogP contribution < -0.4 is 14.9 Å². The van der Waals surface area contributed by atoms with Gasteiger partial charge in [-0.05, 0) is 94.9 Å². The summed E-state index contributed by atoms with van der Waals surface area (Å²) in [5.41, 5.74) is 2.50. The smallest absolute Gasteiger partial charge is 0.216 e. The maximum absolute atomic E-state index is 12.4. The zero-order chi connectivity index (χ0) is 21.9. The Kier molecular flexibility index (Phi) is 7.39. The van der Waals surface area contributed by atoms with Crippen LogP contribution in [0.3, 0.4) is 0 Å². The van der Waals surface area contributed by atoms with Gasteiger partial charge in [0.25, 0.3) is 0 Å². The van der Waals surface area contributed by atoms with Crippen LogP contribution in [0, 0.1) is 17.8 Å².